The summed E-state index contributed by atoms with van der Waals surface area (Å²) in [5.41, 5.74) is 1.09. The molecule has 1 fully saturated rings. The van der Waals surface area contributed by atoms with E-state index in [9.17, 15) is 4.79 Å². The lowest BCUT2D eigenvalue weighted by molar-refractivity contribution is -0.132. The van der Waals surface area contributed by atoms with Gasteiger partial charge in [0.2, 0.25) is 5.91 Å². The smallest absolute Gasteiger partial charge is 0.244 e. The average Bonchev–Trinajstić information content (AvgIpc) is 3.12. The summed E-state index contributed by atoms with van der Waals surface area (Å²) in [7, 11) is 0. The maximum atomic E-state index is 12.4. The van der Waals surface area contributed by atoms with Crippen LogP contribution in [0, 0.1) is 0 Å². The molecule has 0 unspecified atom stereocenters. The van der Waals surface area contributed by atoms with Crippen molar-refractivity contribution in [1.82, 2.24) is 25.1 Å². The Balaban J connectivity index is 1.68. The zero-order chi connectivity index (χ0) is 14.7. The Kier molecular flexibility index (Phi) is 4.15. The van der Waals surface area contributed by atoms with Gasteiger partial charge in [0.1, 0.15) is 12.9 Å². The van der Waals surface area contributed by atoms with E-state index < -0.39 is 0 Å². The number of aromatic nitrogens is 4. The Morgan fingerprint density at radius 3 is 3.00 bits per heavy atom. The van der Waals surface area contributed by atoms with Crippen LogP contribution in [0.5, 0.6) is 0 Å². The van der Waals surface area contributed by atoms with Crippen LogP contribution in [0.25, 0.3) is 0 Å². The van der Waals surface area contributed by atoms with Crippen LogP contribution in [0.4, 0.5) is 0 Å². The summed E-state index contributed by atoms with van der Waals surface area (Å²) in [6, 6.07) is 8.00. The molecule has 3 rings (SSSR count). The lowest BCUT2D eigenvalue weighted by Gasteiger charge is -2.25. The summed E-state index contributed by atoms with van der Waals surface area (Å²) < 4.78 is 1.45. The molecule has 1 amide bonds. The summed E-state index contributed by atoms with van der Waals surface area (Å²) in [4.78, 5) is 14.3. The number of nitrogens with zero attached hydrogens (tertiary/aromatic N) is 5. The first-order valence-corrected chi connectivity index (χ1v) is 7.35. The van der Waals surface area contributed by atoms with E-state index in [1.54, 1.807) is 0 Å². The third-order valence-electron chi connectivity index (χ3n) is 3.80. The van der Waals surface area contributed by atoms with Crippen LogP contribution in [0.15, 0.2) is 30.6 Å². The van der Waals surface area contributed by atoms with Crippen molar-refractivity contribution >= 4 is 17.5 Å². The minimum Gasteiger partial charge on any atom is -0.338 e. The summed E-state index contributed by atoms with van der Waals surface area (Å²) >= 11 is 6.21. The molecule has 0 aliphatic carbocycles. The molecule has 6 nitrogen and oxygen atoms in total. The van der Waals surface area contributed by atoms with E-state index in [0.717, 1.165) is 36.4 Å². The first-order chi connectivity index (χ1) is 10.2. The molecular formula is C14H16ClN5O. The standard InChI is InChI=1S/C14H16ClN5O/c15-13-6-2-1-4-11(13)8-12-5-3-7-20(12)14(21)9-19-10-16-17-18-19/h1-2,4,6,10,12H,3,5,7-9H2/t12-/m1/s1. The third kappa shape index (κ3) is 3.21. The molecule has 1 saturated heterocycles. The SMILES string of the molecule is O=C(Cn1cnnn1)N1CCC[C@@H]1Cc1ccccc1Cl. The fraction of sp³-hybridized carbons (Fsp3) is 0.429. The van der Waals surface area contributed by atoms with Crippen LogP contribution in [0.3, 0.4) is 0 Å². The predicted molar refractivity (Wildman–Crippen MR) is 77.7 cm³/mol. The highest BCUT2D eigenvalue weighted by Gasteiger charge is 2.29. The monoisotopic (exact) mass is 305 g/mol. The lowest BCUT2D eigenvalue weighted by Crippen LogP contribution is -2.39. The topological polar surface area (TPSA) is 63.9 Å². The number of hydrogen-bond donors (Lipinski definition) is 0. The average molecular weight is 306 g/mol. The number of benzene rings is 1. The highest BCUT2D eigenvalue weighted by molar-refractivity contribution is 6.31. The molecule has 2 aromatic rings. The largest absolute Gasteiger partial charge is 0.338 e. The van der Waals surface area contributed by atoms with E-state index in [4.69, 9.17) is 11.6 Å². The van der Waals surface area contributed by atoms with Crippen LogP contribution >= 0.6 is 11.6 Å². The molecule has 1 atom stereocenters. The maximum Gasteiger partial charge on any atom is 0.244 e. The molecule has 0 N–H and O–H groups in total. The van der Waals surface area contributed by atoms with Crippen LogP contribution < -0.4 is 0 Å². The second-order valence-electron chi connectivity index (χ2n) is 5.19. The molecule has 7 heteroatoms. The highest BCUT2D eigenvalue weighted by Crippen LogP contribution is 2.25. The molecule has 1 aromatic heterocycles. The Morgan fingerprint density at radius 1 is 1.38 bits per heavy atom. The molecule has 21 heavy (non-hydrogen) atoms. The van der Waals surface area contributed by atoms with Crippen LogP contribution in [-0.2, 0) is 17.8 Å². The van der Waals surface area contributed by atoms with Crippen molar-refractivity contribution in [2.45, 2.75) is 31.8 Å². The maximum absolute atomic E-state index is 12.4. The molecule has 2 heterocycles. The molecule has 0 radical (unpaired) electrons. The fourth-order valence-electron chi connectivity index (χ4n) is 2.78. The molecule has 0 spiro atoms. The molecule has 0 saturated carbocycles. The molecule has 1 aliphatic heterocycles. The van der Waals surface area contributed by atoms with Gasteiger partial charge >= 0.3 is 0 Å². The molecule has 1 aromatic carbocycles. The van der Waals surface area contributed by atoms with Gasteiger partial charge in [0, 0.05) is 17.6 Å². The van der Waals surface area contributed by atoms with E-state index in [1.807, 2.05) is 29.2 Å². The van der Waals surface area contributed by atoms with Gasteiger partial charge in [-0.1, -0.05) is 29.8 Å². The summed E-state index contributed by atoms with van der Waals surface area (Å²) in [6.07, 6.45) is 4.28. The molecule has 110 valence electrons. The highest BCUT2D eigenvalue weighted by atomic mass is 35.5. The first-order valence-electron chi connectivity index (χ1n) is 6.97. The number of hydrogen-bond acceptors (Lipinski definition) is 4. The summed E-state index contributed by atoms with van der Waals surface area (Å²) in [5, 5.41) is 11.6. The number of rotatable bonds is 4. The minimum atomic E-state index is 0.0526. The van der Waals surface area contributed by atoms with Crippen molar-refractivity contribution in [3.05, 3.63) is 41.2 Å². The number of amides is 1. The minimum absolute atomic E-state index is 0.0526. The van der Waals surface area contributed by atoms with Crippen molar-refractivity contribution < 1.29 is 4.79 Å². The second kappa shape index (κ2) is 6.22. The van der Waals surface area contributed by atoms with Gasteiger partial charge in [-0.05, 0) is 41.3 Å². The van der Waals surface area contributed by atoms with Gasteiger partial charge in [-0.3, -0.25) is 4.79 Å². The van der Waals surface area contributed by atoms with Crippen LogP contribution in [0.2, 0.25) is 5.02 Å². The Bertz CT molecular complexity index is 616. The van der Waals surface area contributed by atoms with Gasteiger partial charge in [0.05, 0.1) is 0 Å². The number of carbonyl (C=O) groups excluding carboxylic acids is 1. The quantitative estimate of drug-likeness (QED) is 0.860. The third-order valence-corrected chi connectivity index (χ3v) is 4.17. The van der Waals surface area contributed by atoms with Crippen molar-refractivity contribution in [3.8, 4) is 0 Å². The number of likely N-dealkylation sites (tertiary alicyclic amines) is 1. The van der Waals surface area contributed by atoms with Gasteiger partial charge in [-0.15, -0.1) is 5.10 Å². The molecule has 1 aliphatic rings. The van der Waals surface area contributed by atoms with Gasteiger partial charge in [-0.25, -0.2) is 4.68 Å². The second-order valence-corrected chi connectivity index (χ2v) is 5.59. The van der Waals surface area contributed by atoms with E-state index in [0.29, 0.717) is 0 Å². The van der Waals surface area contributed by atoms with E-state index in [1.165, 1.54) is 11.0 Å². The zero-order valence-corrected chi connectivity index (χ0v) is 12.3. The zero-order valence-electron chi connectivity index (χ0n) is 11.5. The Hall–Kier alpha value is -1.95. The predicted octanol–water partition coefficient (Wildman–Crippen LogP) is 1.56. The van der Waals surface area contributed by atoms with E-state index in [2.05, 4.69) is 15.5 Å². The Labute approximate surface area is 127 Å². The summed E-state index contributed by atoms with van der Waals surface area (Å²) in [5.74, 6) is 0.0526. The molecular weight excluding hydrogens is 290 g/mol. The van der Waals surface area contributed by atoms with Gasteiger partial charge in [-0.2, -0.15) is 0 Å². The lowest BCUT2D eigenvalue weighted by atomic mass is 10.0. The van der Waals surface area contributed by atoms with Gasteiger partial charge in [0.15, 0.2) is 0 Å². The summed E-state index contributed by atoms with van der Waals surface area (Å²) in [6.45, 7) is 0.974. The van der Waals surface area contributed by atoms with Crippen molar-refractivity contribution in [2.24, 2.45) is 0 Å². The van der Waals surface area contributed by atoms with Crippen molar-refractivity contribution in [1.29, 1.82) is 0 Å². The van der Waals surface area contributed by atoms with Crippen LogP contribution in [0.1, 0.15) is 18.4 Å². The van der Waals surface area contributed by atoms with Gasteiger partial charge in [0.25, 0.3) is 0 Å². The number of halogens is 1. The first kappa shape index (κ1) is 14.0. The van der Waals surface area contributed by atoms with Crippen molar-refractivity contribution in [2.75, 3.05) is 6.54 Å². The van der Waals surface area contributed by atoms with E-state index >= 15 is 0 Å². The fourth-order valence-corrected chi connectivity index (χ4v) is 2.99. The van der Waals surface area contributed by atoms with Crippen LogP contribution in [-0.4, -0.2) is 43.6 Å². The Morgan fingerprint density at radius 2 is 2.24 bits per heavy atom. The van der Waals surface area contributed by atoms with E-state index in [-0.39, 0.29) is 18.5 Å². The van der Waals surface area contributed by atoms with Gasteiger partial charge < -0.3 is 4.90 Å². The number of carbonyl (C=O) groups is 1. The molecule has 0 bridgehead atoms. The normalized spacial score (nSPS) is 18.1. The van der Waals surface area contributed by atoms with Crippen molar-refractivity contribution in [3.63, 3.8) is 0 Å². The number of tetrazole rings is 1.